The summed E-state index contributed by atoms with van der Waals surface area (Å²) in [5, 5.41) is 0. The average molecular weight is 585 g/mol. The first kappa shape index (κ1) is 33.9. The van der Waals surface area contributed by atoms with E-state index in [1.807, 2.05) is 66.7 Å². The lowest BCUT2D eigenvalue weighted by Crippen LogP contribution is -2.01. The minimum absolute atomic E-state index is 0.562. The van der Waals surface area contributed by atoms with E-state index in [1.54, 1.807) is 14.2 Å². The van der Waals surface area contributed by atoms with Crippen LogP contribution in [-0.4, -0.2) is 34.0 Å². The van der Waals surface area contributed by atoms with Crippen molar-refractivity contribution in [1.29, 1.82) is 0 Å². The number of hydrogen-bond donors (Lipinski definition) is 0. The first-order valence-electron chi connectivity index (χ1n) is 15.3. The standard InChI is InChI=1S/C38H48O5/c1-4-5-7-14-35(15-10-26-41-29-32-12-8-6-9-13-32)36(25-28-43-31-34-19-23-38(40-3)24-20-34)16-11-27-42-30-33-17-21-37(39-2)22-18-33/h6,8-10,12-24H,4-5,7,11,25-31H2,1-3H3/b15-10+,35-14+,36-16+. The predicted octanol–water partition coefficient (Wildman–Crippen LogP) is 9.03. The highest BCUT2D eigenvalue weighted by molar-refractivity contribution is 5.40. The van der Waals surface area contributed by atoms with Gasteiger partial charge >= 0.3 is 0 Å². The van der Waals surface area contributed by atoms with Crippen molar-refractivity contribution in [2.24, 2.45) is 0 Å². The number of allylic oxidation sites excluding steroid dienone is 3. The van der Waals surface area contributed by atoms with Crippen molar-refractivity contribution in [3.05, 3.63) is 131 Å². The highest BCUT2D eigenvalue weighted by atomic mass is 16.5. The zero-order valence-electron chi connectivity index (χ0n) is 26.1. The van der Waals surface area contributed by atoms with Crippen molar-refractivity contribution in [2.75, 3.05) is 34.0 Å². The van der Waals surface area contributed by atoms with E-state index in [0.717, 1.165) is 54.7 Å². The molecule has 0 aromatic heterocycles. The average Bonchev–Trinajstić information content (AvgIpc) is 3.05. The number of methoxy groups -OCH3 is 2. The van der Waals surface area contributed by atoms with Crippen molar-refractivity contribution in [1.82, 2.24) is 0 Å². The summed E-state index contributed by atoms with van der Waals surface area (Å²) >= 11 is 0. The lowest BCUT2D eigenvalue weighted by molar-refractivity contribution is 0.122. The Morgan fingerprint density at radius 3 is 1.81 bits per heavy atom. The molecule has 0 atom stereocenters. The second kappa shape index (κ2) is 21.1. The predicted molar refractivity (Wildman–Crippen MR) is 175 cm³/mol. The van der Waals surface area contributed by atoms with Gasteiger partial charge in [0, 0.05) is 0 Å². The van der Waals surface area contributed by atoms with E-state index in [4.69, 9.17) is 23.7 Å². The van der Waals surface area contributed by atoms with Crippen molar-refractivity contribution in [3.8, 4) is 11.5 Å². The number of unbranched alkanes of at least 4 members (excludes halogenated alkanes) is 2. The minimum atomic E-state index is 0.562. The molecule has 3 aromatic carbocycles. The van der Waals surface area contributed by atoms with Crippen LogP contribution in [0.5, 0.6) is 11.5 Å². The molecular formula is C38H48O5. The van der Waals surface area contributed by atoms with Crippen LogP contribution in [-0.2, 0) is 34.0 Å². The number of hydrogen-bond acceptors (Lipinski definition) is 5. The molecule has 230 valence electrons. The van der Waals surface area contributed by atoms with Gasteiger partial charge in [-0.15, -0.1) is 0 Å². The maximum atomic E-state index is 6.10. The molecule has 0 unspecified atom stereocenters. The number of rotatable bonds is 21. The summed E-state index contributed by atoms with van der Waals surface area (Å²) in [5.74, 6) is 1.70. The Labute approximate surface area is 258 Å². The van der Waals surface area contributed by atoms with Crippen molar-refractivity contribution in [2.45, 2.75) is 58.8 Å². The van der Waals surface area contributed by atoms with Gasteiger partial charge in [-0.2, -0.15) is 0 Å². The zero-order chi connectivity index (χ0) is 30.4. The van der Waals surface area contributed by atoms with E-state index >= 15 is 0 Å². The monoisotopic (exact) mass is 584 g/mol. The van der Waals surface area contributed by atoms with Crippen LogP contribution in [0.25, 0.3) is 0 Å². The van der Waals surface area contributed by atoms with Crippen LogP contribution in [0.3, 0.4) is 0 Å². The van der Waals surface area contributed by atoms with Crippen molar-refractivity contribution >= 4 is 0 Å². The third kappa shape index (κ3) is 13.9. The van der Waals surface area contributed by atoms with E-state index < -0.39 is 0 Å². The van der Waals surface area contributed by atoms with Crippen LogP contribution in [0.2, 0.25) is 0 Å². The molecule has 0 aliphatic rings. The Morgan fingerprint density at radius 2 is 1.21 bits per heavy atom. The topological polar surface area (TPSA) is 46.2 Å². The summed E-state index contributed by atoms with van der Waals surface area (Å²) in [7, 11) is 3.36. The van der Waals surface area contributed by atoms with Gasteiger partial charge < -0.3 is 23.7 Å². The zero-order valence-corrected chi connectivity index (χ0v) is 26.1. The minimum Gasteiger partial charge on any atom is -0.497 e. The summed E-state index contributed by atoms with van der Waals surface area (Å²) in [6.45, 7) is 5.82. The third-order valence-electron chi connectivity index (χ3n) is 6.94. The van der Waals surface area contributed by atoms with E-state index in [0.29, 0.717) is 39.6 Å². The Kier molecular flexibility index (Phi) is 16.6. The largest absolute Gasteiger partial charge is 0.497 e. The number of benzene rings is 3. The molecule has 0 saturated heterocycles. The molecule has 0 saturated carbocycles. The molecule has 0 aliphatic carbocycles. The summed E-state index contributed by atoms with van der Waals surface area (Å²) in [5.41, 5.74) is 5.96. The van der Waals surface area contributed by atoms with E-state index in [1.165, 1.54) is 16.7 Å². The Morgan fingerprint density at radius 1 is 0.628 bits per heavy atom. The highest BCUT2D eigenvalue weighted by Crippen LogP contribution is 2.20. The van der Waals surface area contributed by atoms with E-state index in [2.05, 4.69) is 43.4 Å². The van der Waals surface area contributed by atoms with E-state index in [-0.39, 0.29) is 0 Å². The number of ether oxygens (including phenoxy) is 5. The van der Waals surface area contributed by atoms with Crippen LogP contribution in [0.1, 0.15) is 55.7 Å². The third-order valence-corrected chi connectivity index (χ3v) is 6.94. The van der Waals surface area contributed by atoms with Crippen LogP contribution in [0.15, 0.2) is 114 Å². The Hall–Kier alpha value is -3.64. The normalized spacial score (nSPS) is 12.2. The quantitative estimate of drug-likeness (QED) is 0.0923. The lowest BCUT2D eigenvalue weighted by atomic mass is 9.99. The molecule has 3 rings (SSSR count). The molecule has 5 heteroatoms. The van der Waals surface area contributed by atoms with Crippen LogP contribution < -0.4 is 9.47 Å². The molecule has 3 aromatic rings. The van der Waals surface area contributed by atoms with Crippen molar-refractivity contribution < 1.29 is 23.7 Å². The van der Waals surface area contributed by atoms with Gasteiger partial charge in [0.25, 0.3) is 0 Å². The molecule has 0 spiro atoms. The molecule has 0 amide bonds. The fraction of sp³-hybridized carbons (Fsp3) is 0.368. The van der Waals surface area contributed by atoms with Gasteiger partial charge in [-0.1, -0.05) is 98.7 Å². The van der Waals surface area contributed by atoms with Gasteiger partial charge in [0.05, 0.1) is 53.9 Å². The molecule has 5 nitrogen and oxygen atoms in total. The second-order valence-corrected chi connectivity index (χ2v) is 10.3. The van der Waals surface area contributed by atoms with Gasteiger partial charge in [-0.3, -0.25) is 0 Å². The van der Waals surface area contributed by atoms with Gasteiger partial charge in [-0.05, 0) is 71.4 Å². The Balaban J connectivity index is 1.60. The molecule has 43 heavy (non-hydrogen) atoms. The second-order valence-electron chi connectivity index (χ2n) is 10.3. The summed E-state index contributed by atoms with van der Waals surface area (Å²) in [6, 6.07) is 26.3. The molecule has 0 bridgehead atoms. The first-order valence-corrected chi connectivity index (χ1v) is 15.3. The smallest absolute Gasteiger partial charge is 0.118 e. The van der Waals surface area contributed by atoms with Gasteiger partial charge in [-0.25, -0.2) is 0 Å². The molecule has 0 N–H and O–H groups in total. The fourth-order valence-corrected chi connectivity index (χ4v) is 4.45. The van der Waals surface area contributed by atoms with Crippen molar-refractivity contribution in [3.63, 3.8) is 0 Å². The van der Waals surface area contributed by atoms with Crippen LogP contribution in [0.4, 0.5) is 0 Å². The van der Waals surface area contributed by atoms with Gasteiger partial charge in [0.15, 0.2) is 0 Å². The molecule has 0 radical (unpaired) electrons. The summed E-state index contributed by atoms with van der Waals surface area (Å²) < 4.78 is 28.5. The summed E-state index contributed by atoms with van der Waals surface area (Å²) in [4.78, 5) is 0. The Bertz CT molecular complexity index is 1230. The van der Waals surface area contributed by atoms with Gasteiger partial charge in [0.2, 0.25) is 0 Å². The van der Waals surface area contributed by atoms with E-state index in [9.17, 15) is 0 Å². The van der Waals surface area contributed by atoms with Crippen LogP contribution >= 0.6 is 0 Å². The lowest BCUT2D eigenvalue weighted by Gasteiger charge is -2.12. The maximum absolute atomic E-state index is 6.10. The molecular weight excluding hydrogens is 536 g/mol. The molecule has 0 heterocycles. The fourth-order valence-electron chi connectivity index (χ4n) is 4.45. The van der Waals surface area contributed by atoms with Gasteiger partial charge in [0.1, 0.15) is 11.5 Å². The molecule has 0 aliphatic heterocycles. The first-order chi connectivity index (χ1) is 21.2. The SMILES string of the molecule is CCCC/C=C(\C=C\COCc1ccccc1)C(=C/CCOCc1ccc(OC)cc1)/CCOCc1ccc(OC)cc1. The maximum Gasteiger partial charge on any atom is 0.118 e. The molecule has 0 fully saturated rings. The summed E-state index contributed by atoms with van der Waals surface area (Å²) in [6.07, 6.45) is 14.0. The van der Waals surface area contributed by atoms with Crippen LogP contribution in [0, 0.1) is 0 Å². The highest BCUT2D eigenvalue weighted by Gasteiger charge is 2.05.